The van der Waals surface area contributed by atoms with Crippen LogP contribution in [-0.2, 0) is 17.5 Å². The smallest absolute Gasteiger partial charge is 0.416 e. The van der Waals surface area contributed by atoms with E-state index in [9.17, 15) is 18.0 Å². The topological polar surface area (TPSA) is 73.6 Å². The lowest BCUT2D eigenvalue weighted by molar-refractivity contribution is -0.137. The lowest BCUT2D eigenvalue weighted by Gasteiger charge is -2.18. The molecule has 2 aliphatic rings. The summed E-state index contributed by atoms with van der Waals surface area (Å²) in [5, 5.41) is 2.60. The Morgan fingerprint density at radius 3 is 2.52 bits per heavy atom. The first-order valence-electron chi connectivity index (χ1n) is 8.97. The summed E-state index contributed by atoms with van der Waals surface area (Å²) >= 11 is 0. The van der Waals surface area contributed by atoms with Gasteiger partial charge in [0.1, 0.15) is 13.2 Å². The number of carbonyl (C=O) groups excluding carboxylic acids is 1. The minimum absolute atomic E-state index is 0. The van der Waals surface area contributed by atoms with Crippen molar-refractivity contribution in [3.8, 4) is 11.5 Å². The molecule has 0 bridgehead atoms. The highest BCUT2D eigenvalue weighted by Crippen LogP contribution is 2.50. The summed E-state index contributed by atoms with van der Waals surface area (Å²) in [5.74, 6) is 0.742. The summed E-state index contributed by atoms with van der Waals surface area (Å²) < 4.78 is 50.2. The quantitative estimate of drug-likeness (QED) is 0.769. The number of carbonyl (C=O) groups is 1. The van der Waals surface area contributed by atoms with Crippen LogP contribution >= 0.6 is 12.4 Å². The molecule has 0 aromatic heterocycles. The van der Waals surface area contributed by atoms with E-state index in [0.29, 0.717) is 36.7 Å². The molecule has 2 atom stereocenters. The monoisotopic (exact) mass is 428 g/mol. The first-order valence-corrected chi connectivity index (χ1v) is 8.97. The van der Waals surface area contributed by atoms with E-state index in [0.717, 1.165) is 17.7 Å². The molecule has 29 heavy (non-hydrogen) atoms. The number of anilines is 1. The van der Waals surface area contributed by atoms with Crippen molar-refractivity contribution in [1.82, 2.24) is 0 Å². The number of hydrogen-bond donors (Lipinski definition) is 2. The van der Waals surface area contributed by atoms with Gasteiger partial charge in [0.15, 0.2) is 11.5 Å². The molecule has 2 unspecified atom stereocenters. The number of ether oxygens (including phenoxy) is 2. The summed E-state index contributed by atoms with van der Waals surface area (Å²) in [6.45, 7) is 0.933. The van der Waals surface area contributed by atoms with Crippen molar-refractivity contribution < 1.29 is 27.4 Å². The first-order chi connectivity index (χ1) is 13.3. The van der Waals surface area contributed by atoms with E-state index in [4.69, 9.17) is 15.2 Å². The number of nitrogens with one attached hydrogen (secondary N) is 1. The van der Waals surface area contributed by atoms with E-state index in [1.54, 1.807) is 0 Å². The van der Waals surface area contributed by atoms with Crippen LogP contribution in [0.3, 0.4) is 0 Å². The van der Waals surface area contributed by atoms with Crippen LogP contribution in [0.4, 0.5) is 18.9 Å². The SMILES string of the molecule is Cl.NCc1cc(NC(=O)C2CC2c2ccc3c(c2)OCCO3)cc(C(F)(F)F)c1. The third kappa shape index (κ3) is 4.59. The van der Waals surface area contributed by atoms with Gasteiger partial charge in [-0.2, -0.15) is 13.2 Å². The molecule has 4 rings (SSSR count). The van der Waals surface area contributed by atoms with Crippen LogP contribution in [0.2, 0.25) is 0 Å². The van der Waals surface area contributed by atoms with Crippen LogP contribution in [0.25, 0.3) is 0 Å². The molecule has 156 valence electrons. The second kappa shape index (κ2) is 8.12. The molecule has 1 aliphatic heterocycles. The molecular formula is C20H20ClF3N2O3. The zero-order valence-corrected chi connectivity index (χ0v) is 16.1. The number of halogens is 4. The summed E-state index contributed by atoms with van der Waals surface area (Å²) in [6, 6.07) is 8.96. The Morgan fingerprint density at radius 2 is 1.83 bits per heavy atom. The second-order valence-electron chi connectivity index (χ2n) is 6.96. The average Bonchev–Trinajstić information content (AvgIpc) is 3.47. The maximum Gasteiger partial charge on any atom is 0.416 e. The van der Waals surface area contributed by atoms with Crippen molar-refractivity contribution in [2.24, 2.45) is 11.7 Å². The van der Waals surface area contributed by atoms with E-state index >= 15 is 0 Å². The highest BCUT2D eigenvalue weighted by Gasteiger charge is 2.44. The second-order valence-corrected chi connectivity index (χ2v) is 6.96. The number of amides is 1. The lowest BCUT2D eigenvalue weighted by Crippen LogP contribution is -2.17. The van der Waals surface area contributed by atoms with Crippen LogP contribution in [0.1, 0.15) is 29.0 Å². The van der Waals surface area contributed by atoms with Gasteiger partial charge in [-0.05, 0) is 53.8 Å². The molecule has 0 radical (unpaired) electrons. The molecule has 0 saturated heterocycles. The normalized spacial score (nSPS) is 19.9. The van der Waals surface area contributed by atoms with Gasteiger partial charge in [0.2, 0.25) is 5.91 Å². The van der Waals surface area contributed by atoms with Crippen molar-refractivity contribution in [2.75, 3.05) is 18.5 Å². The van der Waals surface area contributed by atoms with Crippen LogP contribution in [0.15, 0.2) is 36.4 Å². The third-order valence-electron chi connectivity index (χ3n) is 4.94. The molecule has 1 saturated carbocycles. The highest BCUT2D eigenvalue weighted by molar-refractivity contribution is 5.95. The van der Waals surface area contributed by atoms with Crippen LogP contribution < -0.4 is 20.5 Å². The van der Waals surface area contributed by atoms with Crippen LogP contribution in [-0.4, -0.2) is 19.1 Å². The van der Waals surface area contributed by atoms with E-state index in [1.807, 2.05) is 18.2 Å². The Labute approximate surface area is 171 Å². The summed E-state index contributed by atoms with van der Waals surface area (Å²) in [5.41, 5.74) is 6.03. The molecule has 2 aromatic rings. The van der Waals surface area contributed by atoms with Gasteiger partial charge in [-0.15, -0.1) is 12.4 Å². The van der Waals surface area contributed by atoms with Crippen molar-refractivity contribution in [2.45, 2.75) is 25.1 Å². The summed E-state index contributed by atoms with van der Waals surface area (Å²) in [4.78, 5) is 12.5. The van der Waals surface area contributed by atoms with Crippen LogP contribution in [0, 0.1) is 5.92 Å². The Hall–Kier alpha value is -2.45. The Kier molecular flexibility index (Phi) is 5.95. The zero-order valence-electron chi connectivity index (χ0n) is 15.3. The van der Waals surface area contributed by atoms with Crippen molar-refractivity contribution in [3.05, 3.63) is 53.1 Å². The van der Waals surface area contributed by atoms with Gasteiger partial charge in [0.25, 0.3) is 0 Å². The van der Waals surface area contributed by atoms with Gasteiger partial charge in [-0.25, -0.2) is 0 Å². The highest BCUT2D eigenvalue weighted by atomic mass is 35.5. The number of nitrogens with two attached hydrogens (primary N) is 1. The third-order valence-corrected chi connectivity index (χ3v) is 4.94. The van der Waals surface area contributed by atoms with Gasteiger partial charge in [-0.3, -0.25) is 4.79 Å². The van der Waals surface area contributed by atoms with Gasteiger partial charge < -0.3 is 20.5 Å². The number of fused-ring (bicyclic) bond motifs is 1. The van der Waals surface area contributed by atoms with Gasteiger partial charge in [-0.1, -0.05) is 6.07 Å². The van der Waals surface area contributed by atoms with E-state index in [1.165, 1.54) is 6.07 Å². The van der Waals surface area contributed by atoms with Gasteiger partial charge in [0.05, 0.1) is 5.56 Å². The molecule has 1 aliphatic carbocycles. The van der Waals surface area contributed by atoms with Crippen molar-refractivity contribution >= 4 is 24.0 Å². The molecular weight excluding hydrogens is 409 g/mol. The van der Waals surface area contributed by atoms with E-state index < -0.39 is 11.7 Å². The summed E-state index contributed by atoms with van der Waals surface area (Å²) in [6.07, 6.45) is -3.87. The molecule has 2 aromatic carbocycles. The first kappa shape index (κ1) is 21.3. The molecule has 1 amide bonds. The fourth-order valence-corrected chi connectivity index (χ4v) is 3.42. The molecule has 0 spiro atoms. The number of benzene rings is 2. The van der Waals surface area contributed by atoms with Crippen LogP contribution in [0.5, 0.6) is 11.5 Å². The van der Waals surface area contributed by atoms with Gasteiger partial charge >= 0.3 is 6.18 Å². The zero-order chi connectivity index (χ0) is 19.9. The maximum absolute atomic E-state index is 13.0. The largest absolute Gasteiger partial charge is 0.486 e. The predicted octanol–water partition coefficient (Wildman–Crippen LogP) is 4.10. The predicted molar refractivity (Wildman–Crippen MR) is 103 cm³/mol. The van der Waals surface area contributed by atoms with E-state index in [-0.39, 0.29) is 42.4 Å². The van der Waals surface area contributed by atoms with E-state index in [2.05, 4.69) is 5.32 Å². The van der Waals surface area contributed by atoms with Gasteiger partial charge in [0, 0.05) is 18.2 Å². The number of rotatable bonds is 4. The Balaban J connectivity index is 0.00000240. The van der Waals surface area contributed by atoms with Crippen molar-refractivity contribution in [1.29, 1.82) is 0 Å². The molecule has 5 nitrogen and oxygen atoms in total. The minimum Gasteiger partial charge on any atom is -0.486 e. The standard InChI is InChI=1S/C20H19F3N2O3.ClH/c21-20(22,23)13-5-11(10-24)6-14(8-13)25-19(26)16-9-15(16)12-1-2-17-18(7-12)28-4-3-27-17;/h1-2,5-8,15-16H,3-4,9-10,24H2,(H,25,26);1H. The maximum atomic E-state index is 13.0. The number of hydrogen-bond acceptors (Lipinski definition) is 4. The fourth-order valence-electron chi connectivity index (χ4n) is 3.42. The Bertz CT molecular complexity index is 920. The summed E-state index contributed by atoms with van der Waals surface area (Å²) in [7, 11) is 0. The molecule has 1 fully saturated rings. The minimum atomic E-state index is -4.50. The number of alkyl halides is 3. The molecule has 9 heteroatoms. The fraction of sp³-hybridized carbons (Fsp3) is 0.350. The lowest BCUT2D eigenvalue weighted by atomic mass is 10.1. The molecule has 1 heterocycles. The Morgan fingerprint density at radius 1 is 1.10 bits per heavy atom. The average molecular weight is 429 g/mol. The molecule has 3 N–H and O–H groups in total. The van der Waals surface area contributed by atoms with Crippen molar-refractivity contribution in [3.63, 3.8) is 0 Å².